The van der Waals surface area contributed by atoms with Gasteiger partial charge in [-0.2, -0.15) is 5.10 Å². The number of hydrogen-bond donors (Lipinski definition) is 2. The maximum absolute atomic E-state index is 10.7. The molecule has 0 saturated carbocycles. The quantitative estimate of drug-likeness (QED) is 0.616. The van der Waals surface area contributed by atoms with E-state index >= 15 is 0 Å². The predicted octanol–water partition coefficient (Wildman–Crippen LogP) is 0.905. The van der Waals surface area contributed by atoms with Gasteiger partial charge in [0.2, 0.25) is 5.56 Å². The molecule has 0 radical (unpaired) electrons. The number of aromatic nitrogens is 3. The molecule has 2 aromatic heterocycles. The Bertz CT molecular complexity index is 444. The van der Waals surface area contributed by atoms with Crippen molar-refractivity contribution in [3.05, 3.63) is 27.6 Å². The summed E-state index contributed by atoms with van der Waals surface area (Å²) in [5.74, 6) is 0. The first-order valence-electron chi connectivity index (χ1n) is 3.00. The molecule has 0 amide bonds. The number of halogens is 1. The molecular weight excluding hydrogens is 166 g/mol. The number of pyridine rings is 1. The summed E-state index contributed by atoms with van der Waals surface area (Å²) in [4.78, 5) is 13.3. The highest BCUT2D eigenvalue weighted by Crippen LogP contribution is 2.15. The number of nitrogens with one attached hydrogen (secondary N) is 2. The van der Waals surface area contributed by atoms with Crippen LogP contribution in [0.15, 0.2) is 16.9 Å². The van der Waals surface area contributed by atoms with Crippen LogP contribution in [-0.4, -0.2) is 15.2 Å². The van der Waals surface area contributed by atoms with Crippen molar-refractivity contribution < 1.29 is 0 Å². The van der Waals surface area contributed by atoms with Crippen LogP contribution in [0.5, 0.6) is 0 Å². The van der Waals surface area contributed by atoms with Crippen molar-refractivity contribution in [3.8, 4) is 0 Å². The van der Waals surface area contributed by atoms with Crippen LogP contribution in [0.4, 0.5) is 0 Å². The summed E-state index contributed by atoms with van der Waals surface area (Å²) in [7, 11) is 0. The van der Waals surface area contributed by atoms with E-state index in [1.807, 2.05) is 0 Å². The van der Waals surface area contributed by atoms with E-state index in [-0.39, 0.29) is 5.56 Å². The molecule has 0 atom stereocenters. The van der Waals surface area contributed by atoms with Crippen LogP contribution in [0.1, 0.15) is 0 Å². The summed E-state index contributed by atoms with van der Waals surface area (Å²) in [6.07, 6.45) is 0. The second kappa shape index (κ2) is 2.10. The molecule has 5 heteroatoms. The lowest BCUT2D eigenvalue weighted by atomic mass is 10.4. The molecule has 0 spiro atoms. The van der Waals surface area contributed by atoms with Crippen molar-refractivity contribution in [2.24, 2.45) is 0 Å². The Morgan fingerprint density at radius 2 is 2.27 bits per heavy atom. The lowest BCUT2D eigenvalue weighted by Crippen LogP contribution is -2.01. The highest BCUT2D eigenvalue weighted by molar-refractivity contribution is 6.34. The molecule has 2 aromatic rings. The van der Waals surface area contributed by atoms with Crippen molar-refractivity contribution >= 4 is 22.6 Å². The Balaban J connectivity index is 2.96. The zero-order valence-corrected chi connectivity index (χ0v) is 6.14. The molecule has 4 nitrogen and oxygen atoms in total. The maximum atomic E-state index is 10.7. The van der Waals surface area contributed by atoms with Crippen molar-refractivity contribution in [2.75, 3.05) is 0 Å². The van der Waals surface area contributed by atoms with Gasteiger partial charge in [-0.1, -0.05) is 11.6 Å². The minimum atomic E-state index is -0.180. The molecule has 0 aliphatic rings. The maximum Gasteiger partial charge on any atom is 0.249 e. The van der Waals surface area contributed by atoms with Gasteiger partial charge in [-0.25, -0.2) is 0 Å². The first-order valence-corrected chi connectivity index (χ1v) is 3.38. The number of H-pyrrole nitrogens is 2. The standard InChI is InChI=1S/C6H4ClN3O/c7-5-3-1-2-4(11)8-6(3)10-9-5/h1-2H,(H2,8,9,10,11). The van der Waals surface area contributed by atoms with Crippen molar-refractivity contribution in [3.63, 3.8) is 0 Å². The van der Waals surface area contributed by atoms with Crippen LogP contribution < -0.4 is 5.56 Å². The van der Waals surface area contributed by atoms with Gasteiger partial charge in [0.25, 0.3) is 0 Å². The molecule has 0 saturated heterocycles. The van der Waals surface area contributed by atoms with E-state index in [0.717, 1.165) is 5.39 Å². The second-order valence-electron chi connectivity index (χ2n) is 2.12. The van der Waals surface area contributed by atoms with Crippen LogP contribution >= 0.6 is 11.6 Å². The largest absolute Gasteiger partial charge is 0.305 e. The summed E-state index contributed by atoms with van der Waals surface area (Å²) in [5.41, 5.74) is 0.308. The predicted molar refractivity (Wildman–Crippen MR) is 41.7 cm³/mol. The normalized spacial score (nSPS) is 10.6. The lowest BCUT2D eigenvalue weighted by Gasteiger charge is -1.83. The van der Waals surface area contributed by atoms with E-state index in [4.69, 9.17) is 11.6 Å². The van der Waals surface area contributed by atoms with Crippen LogP contribution in [-0.2, 0) is 0 Å². The molecule has 2 N–H and O–H groups in total. The van der Waals surface area contributed by atoms with Gasteiger partial charge in [-0.05, 0) is 6.07 Å². The van der Waals surface area contributed by atoms with Crippen LogP contribution in [0, 0.1) is 0 Å². The van der Waals surface area contributed by atoms with Gasteiger partial charge < -0.3 is 4.98 Å². The first-order chi connectivity index (χ1) is 5.27. The molecule has 56 valence electrons. The molecule has 2 rings (SSSR count). The minimum Gasteiger partial charge on any atom is -0.305 e. The average Bonchev–Trinajstić information content (AvgIpc) is 2.32. The Labute approximate surface area is 66.2 Å². The summed E-state index contributed by atoms with van der Waals surface area (Å²) >= 11 is 5.68. The Hall–Kier alpha value is -1.29. The molecule has 0 fully saturated rings. The molecule has 0 bridgehead atoms. The third-order valence-electron chi connectivity index (χ3n) is 1.40. The zero-order valence-electron chi connectivity index (χ0n) is 5.39. The third kappa shape index (κ3) is 0.914. The molecule has 0 aliphatic heterocycles. The van der Waals surface area contributed by atoms with Crippen LogP contribution in [0.3, 0.4) is 0 Å². The SMILES string of the molecule is O=c1ccc2c(Cl)[nH]nc2[nH]1. The Kier molecular flexibility index (Phi) is 1.22. The van der Waals surface area contributed by atoms with Crippen molar-refractivity contribution in [2.45, 2.75) is 0 Å². The highest BCUT2D eigenvalue weighted by atomic mass is 35.5. The molecule has 11 heavy (non-hydrogen) atoms. The van der Waals surface area contributed by atoms with Gasteiger partial charge in [0.15, 0.2) is 5.65 Å². The average molecular weight is 170 g/mol. The fourth-order valence-electron chi connectivity index (χ4n) is 0.894. The molecular formula is C6H4ClN3O. The van der Waals surface area contributed by atoms with Crippen LogP contribution in [0.25, 0.3) is 11.0 Å². The smallest absolute Gasteiger partial charge is 0.249 e. The van der Waals surface area contributed by atoms with Crippen molar-refractivity contribution in [1.82, 2.24) is 15.2 Å². The van der Waals surface area contributed by atoms with Crippen molar-refractivity contribution in [1.29, 1.82) is 0 Å². The summed E-state index contributed by atoms with van der Waals surface area (Å²) < 4.78 is 0. The van der Waals surface area contributed by atoms with E-state index < -0.39 is 0 Å². The number of hydrogen-bond acceptors (Lipinski definition) is 2. The summed E-state index contributed by atoms with van der Waals surface area (Å²) in [6.45, 7) is 0. The van der Waals surface area contributed by atoms with Gasteiger partial charge in [-0.3, -0.25) is 9.89 Å². The van der Waals surface area contributed by atoms with Gasteiger partial charge in [-0.15, -0.1) is 0 Å². The number of nitrogens with zero attached hydrogens (tertiary/aromatic N) is 1. The van der Waals surface area contributed by atoms with Crippen LogP contribution in [0.2, 0.25) is 5.15 Å². The van der Waals surface area contributed by atoms with Gasteiger partial charge >= 0.3 is 0 Å². The van der Waals surface area contributed by atoms with E-state index in [0.29, 0.717) is 10.8 Å². The summed E-state index contributed by atoms with van der Waals surface area (Å²) in [5, 5.41) is 7.48. The summed E-state index contributed by atoms with van der Waals surface area (Å²) in [6, 6.07) is 3.03. The number of aromatic amines is 2. The van der Waals surface area contributed by atoms with Gasteiger partial charge in [0.1, 0.15) is 5.15 Å². The molecule has 2 heterocycles. The zero-order chi connectivity index (χ0) is 7.84. The third-order valence-corrected chi connectivity index (χ3v) is 1.69. The topological polar surface area (TPSA) is 61.5 Å². The molecule has 0 aromatic carbocycles. The second-order valence-corrected chi connectivity index (χ2v) is 2.50. The lowest BCUT2D eigenvalue weighted by molar-refractivity contribution is 1.09. The Morgan fingerprint density at radius 3 is 3.09 bits per heavy atom. The fraction of sp³-hybridized carbons (Fsp3) is 0. The van der Waals surface area contributed by atoms with E-state index in [9.17, 15) is 4.79 Å². The van der Waals surface area contributed by atoms with Gasteiger partial charge in [0, 0.05) is 6.07 Å². The first kappa shape index (κ1) is 6.42. The minimum absolute atomic E-state index is 0.180. The van der Waals surface area contributed by atoms with Gasteiger partial charge in [0.05, 0.1) is 5.39 Å². The highest BCUT2D eigenvalue weighted by Gasteiger charge is 2.01. The fourth-order valence-corrected chi connectivity index (χ4v) is 1.09. The monoisotopic (exact) mass is 169 g/mol. The number of fused-ring (bicyclic) bond motifs is 1. The van der Waals surface area contributed by atoms with E-state index in [1.165, 1.54) is 6.07 Å². The number of rotatable bonds is 0. The molecule has 0 aliphatic carbocycles. The molecule has 0 unspecified atom stereocenters. The van der Waals surface area contributed by atoms with E-state index in [2.05, 4.69) is 15.2 Å². The van der Waals surface area contributed by atoms with E-state index in [1.54, 1.807) is 6.07 Å². The Morgan fingerprint density at radius 1 is 1.45 bits per heavy atom.